The third kappa shape index (κ3) is 2.07. The number of ether oxygens (including phenoxy) is 1. The molecule has 17 heavy (non-hydrogen) atoms. The SMILES string of the molecule is CC1=CC2=C(CC1)OCN(c1ccccc1)C2. The van der Waals surface area contributed by atoms with E-state index in [0.29, 0.717) is 6.73 Å². The molecule has 0 atom stereocenters. The molecule has 2 heteroatoms. The fourth-order valence-electron chi connectivity index (χ4n) is 2.43. The van der Waals surface area contributed by atoms with Crippen LogP contribution in [0.3, 0.4) is 0 Å². The lowest BCUT2D eigenvalue weighted by atomic mass is 9.97. The molecule has 0 unspecified atom stereocenters. The third-order valence-electron chi connectivity index (χ3n) is 3.40. The average molecular weight is 227 g/mol. The van der Waals surface area contributed by atoms with Crippen molar-refractivity contribution in [1.29, 1.82) is 0 Å². The molecular formula is C15H17NO. The maximum atomic E-state index is 5.86. The quantitative estimate of drug-likeness (QED) is 0.728. The van der Waals surface area contributed by atoms with Gasteiger partial charge < -0.3 is 9.64 Å². The molecule has 1 heterocycles. The van der Waals surface area contributed by atoms with Crippen LogP contribution in [0.5, 0.6) is 0 Å². The highest BCUT2D eigenvalue weighted by Crippen LogP contribution is 2.30. The van der Waals surface area contributed by atoms with Gasteiger partial charge in [-0.05, 0) is 25.5 Å². The lowest BCUT2D eigenvalue weighted by Gasteiger charge is -2.33. The summed E-state index contributed by atoms with van der Waals surface area (Å²) in [6.07, 6.45) is 4.50. The Morgan fingerprint density at radius 1 is 1.12 bits per heavy atom. The molecule has 1 aromatic carbocycles. The standard InChI is InChI=1S/C15H17NO/c1-12-7-8-15-13(9-12)10-16(11-17-15)14-5-3-2-4-6-14/h2-6,9H,7-8,10-11H2,1H3. The molecule has 0 aromatic heterocycles. The monoisotopic (exact) mass is 227 g/mol. The van der Waals surface area contributed by atoms with Crippen LogP contribution in [0.25, 0.3) is 0 Å². The van der Waals surface area contributed by atoms with Gasteiger partial charge in [0.25, 0.3) is 0 Å². The molecule has 88 valence electrons. The van der Waals surface area contributed by atoms with E-state index in [1.54, 1.807) is 0 Å². The molecular weight excluding hydrogens is 210 g/mol. The molecule has 2 aliphatic rings. The molecule has 0 N–H and O–H groups in total. The van der Waals surface area contributed by atoms with Gasteiger partial charge in [0.1, 0.15) is 5.76 Å². The Morgan fingerprint density at radius 2 is 1.94 bits per heavy atom. The van der Waals surface area contributed by atoms with Crippen molar-refractivity contribution in [1.82, 2.24) is 0 Å². The second-order valence-corrected chi connectivity index (χ2v) is 4.75. The van der Waals surface area contributed by atoms with Crippen molar-refractivity contribution in [3.05, 3.63) is 53.3 Å². The largest absolute Gasteiger partial charge is 0.477 e. The van der Waals surface area contributed by atoms with Crippen molar-refractivity contribution >= 4 is 5.69 Å². The van der Waals surface area contributed by atoms with E-state index >= 15 is 0 Å². The summed E-state index contributed by atoms with van der Waals surface area (Å²) in [5.74, 6) is 1.20. The third-order valence-corrected chi connectivity index (χ3v) is 3.40. The average Bonchev–Trinajstić information content (AvgIpc) is 2.39. The van der Waals surface area contributed by atoms with Crippen LogP contribution in [-0.4, -0.2) is 13.3 Å². The zero-order chi connectivity index (χ0) is 11.7. The first-order valence-electron chi connectivity index (χ1n) is 6.15. The molecule has 1 aromatic rings. The van der Waals surface area contributed by atoms with Crippen molar-refractivity contribution in [2.24, 2.45) is 0 Å². The lowest BCUT2D eigenvalue weighted by Crippen LogP contribution is -2.33. The highest BCUT2D eigenvalue weighted by atomic mass is 16.5. The van der Waals surface area contributed by atoms with Gasteiger partial charge in [-0.25, -0.2) is 0 Å². The van der Waals surface area contributed by atoms with Crippen molar-refractivity contribution in [3.8, 4) is 0 Å². The van der Waals surface area contributed by atoms with E-state index < -0.39 is 0 Å². The second kappa shape index (κ2) is 4.28. The summed E-state index contributed by atoms with van der Waals surface area (Å²) in [5, 5.41) is 0. The van der Waals surface area contributed by atoms with Crippen molar-refractivity contribution in [2.75, 3.05) is 18.2 Å². The van der Waals surface area contributed by atoms with Crippen LogP contribution in [0.2, 0.25) is 0 Å². The second-order valence-electron chi connectivity index (χ2n) is 4.75. The van der Waals surface area contributed by atoms with Gasteiger partial charge in [-0.3, -0.25) is 0 Å². The predicted octanol–water partition coefficient (Wildman–Crippen LogP) is 3.47. The van der Waals surface area contributed by atoms with Gasteiger partial charge in [-0.1, -0.05) is 29.8 Å². The molecule has 0 spiro atoms. The minimum Gasteiger partial charge on any atom is -0.477 e. The molecule has 0 amide bonds. The molecule has 3 rings (SSSR count). The van der Waals surface area contributed by atoms with Crippen LogP contribution in [-0.2, 0) is 4.74 Å². The molecule has 1 aliphatic carbocycles. The van der Waals surface area contributed by atoms with Gasteiger partial charge in [-0.2, -0.15) is 0 Å². The zero-order valence-corrected chi connectivity index (χ0v) is 10.1. The van der Waals surface area contributed by atoms with Gasteiger partial charge in [0, 0.05) is 24.2 Å². The highest BCUT2D eigenvalue weighted by molar-refractivity contribution is 5.50. The summed E-state index contributed by atoms with van der Waals surface area (Å²) >= 11 is 0. The molecule has 0 bridgehead atoms. The summed E-state index contributed by atoms with van der Waals surface area (Å²) in [7, 11) is 0. The Labute approximate surface area is 102 Å². The number of benzene rings is 1. The first-order valence-corrected chi connectivity index (χ1v) is 6.15. The van der Waals surface area contributed by atoms with Crippen molar-refractivity contribution < 1.29 is 4.74 Å². The van der Waals surface area contributed by atoms with E-state index in [2.05, 4.69) is 42.2 Å². The van der Waals surface area contributed by atoms with E-state index in [1.807, 2.05) is 6.07 Å². The Morgan fingerprint density at radius 3 is 2.76 bits per heavy atom. The zero-order valence-electron chi connectivity index (χ0n) is 10.1. The normalized spacial score (nSPS) is 19.6. The van der Waals surface area contributed by atoms with Gasteiger partial charge in [-0.15, -0.1) is 0 Å². The Hall–Kier alpha value is -1.70. The summed E-state index contributed by atoms with van der Waals surface area (Å²) in [4.78, 5) is 2.27. The number of rotatable bonds is 1. The number of para-hydroxylation sites is 1. The maximum Gasteiger partial charge on any atom is 0.161 e. The first kappa shape index (κ1) is 10.5. The summed E-state index contributed by atoms with van der Waals surface area (Å²) in [6, 6.07) is 10.5. The van der Waals surface area contributed by atoms with E-state index in [-0.39, 0.29) is 0 Å². The fourth-order valence-corrected chi connectivity index (χ4v) is 2.43. The number of hydrogen-bond donors (Lipinski definition) is 0. The van der Waals surface area contributed by atoms with Crippen LogP contribution in [0.1, 0.15) is 19.8 Å². The lowest BCUT2D eigenvalue weighted by molar-refractivity contribution is 0.184. The van der Waals surface area contributed by atoms with Crippen LogP contribution >= 0.6 is 0 Å². The minimum absolute atomic E-state index is 0.676. The van der Waals surface area contributed by atoms with Gasteiger partial charge in [0.2, 0.25) is 0 Å². The highest BCUT2D eigenvalue weighted by Gasteiger charge is 2.21. The van der Waals surface area contributed by atoms with Gasteiger partial charge in [0.15, 0.2) is 6.73 Å². The Kier molecular flexibility index (Phi) is 2.63. The first-order chi connectivity index (χ1) is 8.33. The number of nitrogens with zero attached hydrogens (tertiary/aromatic N) is 1. The fraction of sp³-hybridized carbons (Fsp3) is 0.333. The van der Waals surface area contributed by atoms with Gasteiger partial charge >= 0.3 is 0 Å². The predicted molar refractivity (Wildman–Crippen MR) is 69.8 cm³/mol. The molecule has 0 saturated heterocycles. The molecule has 2 nitrogen and oxygen atoms in total. The maximum absolute atomic E-state index is 5.86. The van der Waals surface area contributed by atoms with Crippen molar-refractivity contribution in [3.63, 3.8) is 0 Å². The molecule has 0 saturated carbocycles. The van der Waals surface area contributed by atoms with E-state index in [9.17, 15) is 0 Å². The number of hydrogen-bond acceptors (Lipinski definition) is 2. The van der Waals surface area contributed by atoms with Crippen LogP contribution in [0.4, 0.5) is 5.69 Å². The van der Waals surface area contributed by atoms with Crippen LogP contribution in [0, 0.1) is 0 Å². The molecule has 1 aliphatic heterocycles. The van der Waals surface area contributed by atoms with E-state index in [1.165, 1.54) is 22.6 Å². The number of allylic oxidation sites excluding steroid dienone is 2. The molecule has 0 radical (unpaired) electrons. The topological polar surface area (TPSA) is 12.5 Å². The van der Waals surface area contributed by atoms with Crippen LogP contribution in [0.15, 0.2) is 53.3 Å². The van der Waals surface area contributed by atoms with E-state index in [4.69, 9.17) is 4.74 Å². The van der Waals surface area contributed by atoms with Crippen molar-refractivity contribution in [2.45, 2.75) is 19.8 Å². The van der Waals surface area contributed by atoms with Gasteiger partial charge in [0.05, 0.1) is 0 Å². The van der Waals surface area contributed by atoms with E-state index in [0.717, 1.165) is 19.4 Å². The summed E-state index contributed by atoms with van der Waals surface area (Å²) in [5.41, 5.74) is 4.04. The minimum atomic E-state index is 0.676. The molecule has 0 fully saturated rings. The number of anilines is 1. The smallest absolute Gasteiger partial charge is 0.161 e. The Balaban J connectivity index is 1.84. The Bertz CT molecular complexity index is 473. The summed E-state index contributed by atoms with van der Waals surface area (Å²) in [6.45, 7) is 3.84. The van der Waals surface area contributed by atoms with Crippen LogP contribution < -0.4 is 4.90 Å². The summed E-state index contributed by atoms with van der Waals surface area (Å²) < 4.78 is 5.86.